The zero-order valence-corrected chi connectivity index (χ0v) is 10.4. The summed E-state index contributed by atoms with van der Waals surface area (Å²) in [7, 11) is 0. The third-order valence-corrected chi connectivity index (χ3v) is 2.89. The number of carbonyl (C=O) groups excluding carboxylic acids is 1. The molecule has 0 spiro atoms. The van der Waals surface area contributed by atoms with Crippen molar-refractivity contribution in [2.45, 2.75) is 45.0 Å². The van der Waals surface area contributed by atoms with Crippen molar-refractivity contribution in [3.63, 3.8) is 0 Å². The normalized spacial score (nSPS) is 27.8. The SMILES string of the molecule is CC1CC(OC(=O)c2ccc(F)nc2)CC(C)O1. The summed E-state index contributed by atoms with van der Waals surface area (Å²) in [5.41, 5.74) is 0.267. The highest BCUT2D eigenvalue weighted by Gasteiger charge is 2.27. The highest BCUT2D eigenvalue weighted by Crippen LogP contribution is 2.22. The van der Waals surface area contributed by atoms with Gasteiger partial charge in [-0.3, -0.25) is 0 Å². The summed E-state index contributed by atoms with van der Waals surface area (Å²) in [5, 5.41) is 0. The lowest BCUT2D eigenvalue weighted by atomic mass is 10.0. The van der Waals surface area contributed by atoms with E-state index in [0.717, 1.165) is 6.07 Å². The van der Waals surface area contributed by atoms with Crippen LogP contribution >= 0.6 is 0 Å². The van der Waals surface area contributed by atoms with Gasteiger partial charge >= 0.3 is 5.97 Å². The number of aromatic nitrogens is 1. The van der Waals surface area contributed by atoms with Crippen molar-refractivity contribution in [2.24, 2.45) is 0 Å². The van der Waals surface area contributed by atoms with Crippen LogP contribution in [0.15, 0.2) is 18.3 Å². The number of rotatable bonds is 2. The van der Waals surface area contributed by atoms with Crippen molar-refractivity contribution in [2.75, 3.05) is 0 Å². The van der Waals surface area contributed by atoms with Crippen LogP contribution in [0.3, 0.4) is 0 Å². The van der Waals surface area contributed by atoms with Gasteiger partial charge in [-0.25, -0.2) is 9.78 Å². The summed E-state index contributed by atoms with van der Waals surface area (Å²) in [5.74, 6) is -1.08. The standard InChI is InChI=1S/C13H16FNO3/c1-8-5-11(6-9(2)17-8)18-13(16)10-3-4-12(14)15-7-10/h3-4,7-9,11H,5-6H2,1-2H3. The molecule has 2 unspecified atom stereocenters. The van der Waals surface area contributed by atoms with Crippen molar-refractivity contribution < 1.29 is 18.7 Å². The molecule has 1 saturated heterocycles. The van der Waals surface area contributed by atoms with Crippen molar-refractivity contribution in [1.82, 2.24) is 4.98 Å². The quantitative estimate of drug-likeness (QED) is 0.599. The van der Waals surface area contributed by atoms with Gasteiger partial charge in [-0.05, 0) is 26.0 Å². The smallest absolute Gasteiger partial charge is 0.339 e. The van der Waals surface area contributed by atoms with E-state index in [4.69, 9.17) is 9.47 Å². The van der Waals surface area contributed by atoms with Gasteiger partial charge in [-0.1, -0.05) is 0 Å². The molecular weight excluding hydrogens is 237 g/mol. The molecule has 0 amide bonds. The number of nitrogens with zero attached hydrogens (tertiary/aromatic N) is 1. The molecule has 1 aliphatic heterocycles. The lowest BCUT2D eigenvalue weighted by molar-refractivity contribution is -0.0855. The third-order valence-electron chi connectivity index (χ3n) is 2.89. The first-order valence-corrected chi connectivity index (χ1v) is 6.02. The molecule has 5 heteroatoms. The Kier molecular flexibility index (Phi) is 3.91. The van der Waals surface area contributed by atoms with Gasteiger partial charge < -0.3 is 9.47 Å². The van der Waals surface area contributed by atoms with Crippen molar-refractivity contribution in [3.8, 4) is 0 Å². The van der Waals surface area contributed by atoms with Gasteiger partial charge in [0.25, 0.3) is 0 Å². The van der Waals surface area contributed by atoms with E-state index in [-0.39, 0.29) is 23.9 Å². The zero-order chi connectivity index (χ0) is 13.1. The van der Waals surface area contributed by atoms with Gasteiger partial charge in [-0.2, -0.15) is 4.39 Å². The number of hydrogen-bond donors (Lipinski definition) is 0. The van der Waals surface area contributed by atoms with Crippen molar-refractivity contribution in [1.29, 1.82) is 0 Å². The molecule has 0 aliphatic carbocycles. The second-order valence-corrected chi connectivity index (χ2v) is 4.63. The molecule has 1 aromatic heterocycles. The van der Waals surface area contributed by atoms with E-state index in [0.29, 0.717) is 12.8 Å². The van der Waals surface area contributed by atoms with Gasteiger partial charge in [0, 0.05) is 19.0 Å². The molecule has 0 bridgehead atoms. The highest BCUT2D eigenvalue weighted by molar-refractivity contribution is 5.89. The maximum atomic E-state index is 12.6. The Morgan fingerprint density at radius 3 is 2.61 bits per heavy atom. The molecule has 0 N–H and O–H groups in total. The first-order valence-electron chi connectivity index (χ1n) is 6.02. The number of carbonyl (C=O) groups is 1. The summed E-state index contributed by atoms with van der Waals surface area (Å²) in [6.45, 7) is 3.91. The van der Waals surface area contributed by atoms with E-state index in [2.05, 4.69) is 4.98 Å². The Bertz CT molecular complexity index is 411. The average molecular weight is 253 g/mol. The molecular formula is C13H16FNO3. The Morgan fingerprint density at radius 2 is 2.06 bits per heavy atom. The van der Waals surface area contributed by atoms with Crippen LogP contribution in [-0.2, 0) is 9.47 Å². The fraction of sp³-hybridized carbons (Fsp3) is 0.538. The fourth-order valence-electron chi connectivity index (χ4n) is 2.16. The molecule has 1 aromatic rings. The van der Waals surface area contributed by atoms with Gasteiger partial charge in [0.05, 0.1) is 17.8 Å². The van der Waals surface area contributed by atoms with Gasteiger partial charge in [0.15, 0.2) is 0 Å². The molecule has 4 nitrogen and oxygen atoms in total. The topological polar surface area (TPSA) is 48.4 Å². The molecule has 0 saturated carbocycles. The number of hydrogen-bond acceptors (Lipinski definition) is 4. The van der Waals surface area contributed by atoms with Crippen LogP contribution in [0.5, 0.6) is 0 Å². The number of esters is 1. The average Bonchev–Trinajstić information content (AvgIpc) is 2.28. The molecule has 98 valence electrons. The molecule has 2 atom stereocenters. The largest absolute Gasteiger partial charge is 0.459 e. The van der Waals surface area contributed by atoms with Gasteiger partial charge in [-0.15, -0.1) is 0 Å². The Labute approximate surface area is 105 Å². The monoisotopic (exact) mass is 253 g/mol. The maximum absolute atomic E-state index is 12.6. The zero-order valence-electron chi connectivity index (χ0n) is 10.4. The molecule has 2 heterocycles. The van der Waals surface area contributed by atoms with E-state index >= 15 is 0 Å². The summed E-state index contributed by atoms with van der Waals surface area (Å²) in [6.07, 6.45) is 2.57. The summed E-state index contributed by atoms with van der Waals surface area (Å²) in [6, 6.07) is 2.52. The summed E-state index contributed by atoms with van der Waals surface area (Å²) < 4.78 is 23.6. The predicted octanol–water partition coefficient (Wildman–Crippen LogP) is 2.33. The van der Waals surface area contributed by atoms with Crippen molar-refractivity contribution in [3.05, 3.63) is 29.8 Å². The van der Waals surface area contributed by atoms with Gasteiger partial charge in [0.2, 0.25) is 5.95 Å². The van der Waals surface area contributed by atoms with E-state index < -0.39 is 11.9 Å². The minimum atomic E-state index is -0.611. The van der Waals surface area contributed by atoms with E-state index in [1.54, 1.807) is 0 Å². The molecule has 1 aliphatic rings. The van der Waals surface area contributed by atoms with Crippen LogP contribution in [0.4, 0.5) is 4.39 Å². The van der Waals surface area contributed by atoms with Crippen LogP contribution in [0, 0.1) is 5.95 Å². The number of pyridine rings is 1. The molecule has 18 heavy (non-hydrogen) atoms. The number of halogens is 1. The lowest BCUT2D eigenvalue weighted by Gasteiger charge is -2.31. The van der Waals surface area contributed by atoms with Crippen LogP contribution in [0.2, 0.25) is 0 Å². The lowest BCUT2D eigenvalue weighted by Crippen LogP contribution is -2.35. The second kappa shape index (κ2) is 5.44. The second-order valence-electron chi connectivity index (χ2n) is 4.63. The summed E-state index contributed by atoms with van der Waals surface area (Å²) in [4.78, 5) is 15.2. The molecule has 2 rings (SSSR count). The maximum Gasteiger partial charge on any atom is 0.339 e. The van der Waals surface area contributed by atoms with Gasteiger partial charge in [0.1, 0.15) is 6.10 Å². The van der Waals surface area contributed by atoms with Crippen molar-refractivity contribution >= 4 is 5.97 Å². The molecule has 1 fully saturated rings. The first kappa shape index (κ1) is 13.0. The van der Waals surface area contributed by atoms with E-state index in [1.165, 1.54) is 12.3 Å². The minimum Gasteiger partial charge on any atom is -0.459 e. The van der Waals surface area contributed by atoms with Crippen LogP contribution in [0.1, 0.15) is 37.0 Å². The Hall–Kier alpha value is -1.49. The Balaban J connectivity index is 1.96. The third kappa shape index (κ3) is 3.26. The predicted molar refractivity (Wildman–Crippen MR) is 62.6 cm³/mol. The number of ether oxygens (including phenoxy) is 2. The van der Waals surface area contributed by atoms with E-state index in [1.807, 2.05) is 13.8 Å². The first-order chi connectivity index (χ1) is 8.54. The van der Waals surface area contributed by atoms with Crippen LogP contribution in [-0.4, -0.2) is 29.3 Å². The Morgan fingerprint density at radius 1 is 1.39 bits per heavy atom. The minimum absolute atomic E-state index is 0.0814. The van der Waals surface area contributed by atoms with E-state index in [9.17, 15) is 9.18 Å². The van der Waals surface area contributed by atoms with Crippen LogP contribution < -0.4 is 0 Å². The van der Waals surface area contributed by atoms with Crippen LogP contribution in [0.25, 0.3) is 0 Å². The molecule has 0 aromatic carbocycles. The highest BCUT2D eigenvalue weighted by atomic mass is 19.1. The summed E-state index contributed by atoms with van der Waals surface area (Å²) >= 11 is 0. The molecule has 0 radical (unpaired) electrons. The fourth-order valence-corrected chi connectivity index (χ4v) is 2.16.